The van der Waals surface area contributed by atoms with Crippen molar-refractivity contribution in [2.75, 3.05) is 0 Å². The second kappa shape index (κ2) is 187. The van der Waals surface area contributed by atoms with Gasteiger partial charge in [0.05, 0.1) is 0 Å². The van der Waals surface area contributed by atoms with Gasteiger partial charge in [0, 0.05) is 0 Å². The van der Waals surface area contributed by atoms with E-state index in [1.165, 1.54) is 0 Å². The van der Waals surface area contributed by atoms with E-state index in [0.717, 1.165) is 0 Å². The third-order valence-electron chi connectivity index (χ3n) is 0. The fourth-order valence-corrected chi connectivity index (χ4v) is 0. The van der Waals surface area contributed by atoms with Gasteiger partial charge in [0.25, 0.3) is 0 Å². The van der Waals surface area contributed by atoms with Crippen LogP contribution in [-0.2, 0) is 0 Å². The molecule has 0 aromatic rings. The second-order valence-corrected chi connectivity index (χ2v) is 0. The van der Waals surface area contributed by atoms with E-state index in [1.54, 1.807) is 0 Å². The molecule has 0 unspecified atom stereocenters. The molecule has 0 amide bonds. The van der Waals surface area contributed by atoms with Crippen LogP contribution in [0.15, 0.2) is 0 Å². The molecule has 0 heterocycles. The van der Waals surface area contributed by atoms with Crippen LogP contribution in [0.5, 0.6) is 0 Å². The summed E-state index contributed by atoms with van der Waals surface area (Å²) in [6.45, 7) is 0. The maximum absolute atomic E-state index is 0. The van der Waals surface area contributed by atoms with Gasteiger partial charge >= 0.3 is 148 Å². The molecule has 0 aliphatic rings. The van der Waals surface area contributed by atoms with Crippen molar-refractivity contribution < 1.29 is 43.8 Å². The molecular formula is H21Na5O8. The van der Waals surface area contributed by atoms with E-state index in [9.17, 15) is 0 Å². The standard InChI is InChI=1S/5Na.8H2O.5H/h;;;;;8*1H2;;;;;. The van der Waals surface area contributed by atoms with Crippen LogP contribution in [-0.4, -0.2) is 192 Å². The minimum atomic E-state index is 0. The Labute approximate surface area is 187 Å². The van der Waals surface area contributed by atoms with E-state index in [2.05, 4.69) is 0 Å². The molecule has 0 aromatic heterocycles. The molecule has 0 radical (unpaired) electrons. The van der Waals surface area contributed by atoms with E-state index in [1.807, 2.05) is 0 Å². The Morgan fingerprint density at radius 2 is 0.154 bits per heavy atom. The molecule has 13 heavy (non-hydrogen) atoms. The van der Waals surface area contributed by atoms with Crippen LogP contribution in [0.4, 0.5) is 0 Å². The molecule has 0 rings (SSSR count). The summed E-state index contributed by atoms with van der Waals surface area (Å²) in [6.07, 6.45) is 0. The first-order chi connectivity index (χ1) is 0. The van der Waals surface area contributed by atoms with E-state index in [4.69, 9.17) is 0 Å². The van der Waals surface area contributed by atoms with Crippen molar-refractivity contribution in [1.82, 2.24) is 0 Å². The molecule has 74 valence electrons. The van der Waals surface area contributed by atoms with Crippen molar-refractivity contribution in [2.45, 2.75) is 0 Å². The molecular weight excluding hydrogens is 243 g/mol. The Balaban J connectivity index is 0. The third-order valence-corrected chi connectivity index (χ3v) is 0. The molecule has 0 fully saturated rings. The molecule has 0 aliphatic carbocycles. The van der Waals surface area contributed by atoms with Crippen LogP contribution >= 0.6 is 0 Å². The zero-order chi connectivity index (χ0) is 0. The number of rotatable bonds is 0. The van der Waals surface area contributed by atoms with E-state index in [-0.39, 0.29) is 192 Å². The predicted molar refractivity (Wildman–Crippen MR) is 64.7 cm³/mol. The first kappa shape index (κ1) is 225. The average molecular weight is 264 g/mol. The summed E-state index contributed by atoms with van der Waals surface area (Å²) >= 11 is 0. The van der Waals surface area contributed by atoms with Gasteiger partial charge in [0.2, 0.25) is 0 Å². The van der Waals surface area contributed by atoms with Crippen LogP contribution < -0.4 is 0 Å². The Kier molecular flexibility index (Phi) is 3230. The van der Waals surface area contributed by atoms with Crippen molar-refractivity contribution in [3.63, 3.8) is 0 Å². The minimum absolute atomic E-state index is 0. The van der Waals surface area contributed by atoms with Crippen LogP contribution in [0, 0.1) is 0 Å². The Morgan fingerprint density at radius 3 is 0.154 bits per heavy atom. The average Bonchev–Trinajstić information content (AvgIpc) is 0. The SMILES string of the molecule is O.O.O.O.O.O.O.O.[NaH].[NaH].[NaH].[NaH].[NaH]. The normalized spacial score (nSPS) is 0. The van der Waals surface area contributed by atoms with Crippen molar-refractivity contribution in [1.29, 1.82) is 0 Å². The van der Waals surface area contributed by atoms with Gasteiger partial charge in [-0.1, -0.05) is 0 Å². The quantitative estimate of drug-likeness (QED) is 0.369. The maximum atomic E-state index is 0. The summed E-state index contributed by atoms with van der Waals surface area (Å²) in [5, 5.41) is 0. The van der Waals surface area contributed by atoms with Crippen LogP contribution in [0.3, 0.4) is 0 Å². The molecule has 0 aromatic carbocycles. The first-order valence-corrected chi connectivity index (χ1v) is 0. The Bertz CT molecular complexity index is 12.5. The summed E-state index contributed by atoms with van der Waals surface area (Å²) < 4.78 is 0. The van der Waals surface area contributed by atoms with Crippen LogP contribution in [0.2, 0.25) is 0 Å². The van der Waals surface area contributed by atoms with E-state index in [0.29, 0.717) is 0 Å². The van der Waals surface area contributed by atoms with Gasteiger partial charge in [0.15, 0.2) is 0 Å². The van der Waals surface area contributed by atoms with Gasteiger partial charge < -0.3 is 43.8 Å². The van der Waals surface area contributed by atoms with Crippen LogP contribution in [0.1, 0.15) is 0 Å². The summed E-state index contributed by atoms with van der Waals surface area (Å²) in [4.78, 5) is 0. The monoisotopic (exact) mass is 264 g/mol. The number of hydrogen-bond acceptors (Lipinski definition) is 0. The van der Waals surface area contributed by atoms with Crippen molar-refractivity contribution in [2.24, 2.45) is 0 Å². The first-order valence-electron chi connectivity index (χ1n) is 0. The molecule has 16 N–H and O–H groups in total. The zero-order valence-electron chi connectivity index (χ0n) is 4.00. The Morgan fingerprint density at radius 1 is 0.154 bits per heavy atom. The van der Waals surface area contributed by atoms with Gasteiger partial charge in [-0.15, -0.1) is 0 Å². The fourth-order valence-electron chi connectivity index (χ4n) is 0. The molecule has 0 saturated heterocycles. The topological polar surface area (TPSA) is 252 Å². The molecule has 0 bridgehead atoms. The summed E-state index contributed by atoms with van der Waals surface area (Å²) in [6, 6.07) is 0. The fraction of sp³-hybridized carbons (Fsp3) is 0. The van der Waals surface area contributed by atoms with Gasteiger partial charge in [-0.3, -0.25) is 0 Å². The van der Waals surface area contributed by atoms with Gasteiger partial charge in [-0.25, -0.2) is 0 Å². The molecule has 13 heteroatoms. The van der Waals surface area contributed by atoms with Crippen molar-refractivity contribution in [3.8, 4) is 0 Å². The summed E-state index contributed by atoms with van der Waals surface area (Å²) in [5.41, 5.74) is 0. The van der Waals surface area contributed by atoms with Crippen molar-refractivity contribution in [3.05, 3.63) is 0 Å². The van der Waals surface area contributed by atoms with E-state index < -0.39 is 0 Å². The molecule has 0 atom stereocenters. The van der Waals surface area contributed by atoms with Crippen molar-refractivity contribution >= 4 is 148 Å². The number of hydrogen-bond donors (Lipinski definition) is 0. The van der Waals surface area contributed by atoms with E-state index >= 15 is 0 Å². The van der Waals surface area contributed by atoms with Crippen LogP contribution in [0.25, 0.3) is 0 Å². The molecule has 0 spiro atoms. The Hall–Kier alpha value is 4.68. The van der Waals surface area contributed by atoms with Gasteiger partial charge in [-0.2, -0.15) is 0 Å². The van der Waals surface area contributed by atoms with Gasteiger partial charge in [0.1, 0.15) is 0 Å². The third kappa shape index (κ3) is 164. The zero-order valence-corrected chi connectivity index (χ0v) is 4.00. The second-order valence-electron chi connectivity index (χ2n) is 0. The molecule has 0 saturated carbocycles. The van der Waals surface area contributed by atoms with Gasteiger partial charge in [-0.05, 0) is 0 Å². The molecule has 8 nitrogen and oxygen atoms in total. The molecule has 0 aliphatic heterocycles. The summed E-state index contributed by atoms with van der Waals surface area (Å²) in [5.74, 6) is 0. The predicted octanol–water partition coefficient (Wildman–Crippen LogP) is -9.84. The summed E-state index contributed by atoms with van der Waals surface area (Å²) in [7, 11) is 0.